The molecule has 11 heteroatoms. The Kier molecular flexibility index (Phi) is 5.16. The number of hydrogen-bond acceptors (Lipinski definition) is 6. The van der Waals surface area contributed by atoms with Gasteiger partial charge in [-0.25, -0.2) is 22.2 Å². The third-order valence-corrected chi connectivity index (χ3v) is 6.12. The van der Waals surface area contributed by atoms with Crippen LogP contribution in [-0.4, -0.2) is 42.3 Å². The van der Waals surface area contributed by atoms with Crippen molar-refractivity contribution in [2.75, 3.05) is 18.0 Å². The van der Waals surface area contributed by atoms with Crippen molar-refractivity contribution in [3.8, 4) is 0 Å². The molecule has 0 radical (unpaired) electrons. The fraction of sp³-hybridized carbons (Fsp3) is 0.438. The zero-order valence-corrected chi connectivity index (χ0v) is 15.7. The molecule has 0 unspecified atom stereocenters. The van der Waals surface area contributed by atoms with Gasteiger partial charge in [0, 0.05) is 26.2 Å². The second-order valence-corrected chi connectivity index (χ2v) is 8.19. The highest BCUT2D eigenvalue weighted by Crippen LogP contribution is 2.32. The summed E-state index contributed by atoms with van der Waals surface area (Å²) in [6, 6.07) is 4.33. The number of nitrogens with one attached hydrogen (secondary N) is 1. The Bertz CT molecular complexity index is 950. The molecule has 146 valence electrons. The number of sulfonamides is 1. The van der Waals surface area contributed by atoms with Crippen LogP contribution in [0.5, 0.6) is 0 Å². The number of anilines is 1. The standard InChI is InChI=1S/C16H20FN5O4S/c1-11-15(22(23)24)16(20(2)18-11)21-9-7-13(8-10-21)19-27(25,26)14-5-3-12(17)4-6-14/h3-6,13,19H,7-10H2,1-2H3. The van der Waals surface area contributed by atoms with Crippen molar-refractivity contribution in [3.63, 3.8) is 0 Å². The average Bonchev–Trinajstić information content (AvgIpc) is 2.90. The van der Waals surface area contributed by atoms with Crippen molar-refractivity contribution in [1.82, 2.24) is 14.5 Å². The fourth-order valence-electron chi connectivity index (χ4n) is 3.31. The zero-order valence-electron chi connectivity index (χ0n) is 14.9. The van der Waals surface area contributed by atoms with Crippen LogP contribution in [0.3, 0.4) is 0 Å². The zero-order chi connectivity index (χ0) is 19.8. The van der Waals surface area contributed by atoms with Gasteiger partial charge in [0.05, 0.1) is 9.82 Å². The van der Waals surface area contributed by atoms with Gasteiger partial charge in [0.15, 0.2) is 0 Å². The van der Waals surface area contributed by atoms with Gasteiger partial charge in [-0.2, -0.15) is 5.10 Å². The van der Waals surface area contributed by atoms with Gasteiger partial charge in [0.2, 0.25) is 15.8 Å². The largest absolute Gasteiger partial charge is 0.351 e. The molecule has 0 spiro atoms. The lowest BCUT2D eigenvalue weighted by Gasteiger charge is -2.32. The van der Waals surface area contributed by atoms with Crippen LogP contribution in [-0.2, 0) is 17.1 Å². The summed E-state index contributed by atoms with van der Waals surface area (Å²) in [5.41, 5.74) is 0.319. The summed E-state index contributed by atoms with van der Waals surface area (Å²) in [4.78, 5) is 12.7. The summed E-state index contributed by atoms with van der Waals surface area (Å²) in [6.07, 6.45) is 0.976. The minimum absolute atomic E-state index is 0.00391. The summed E-state index contributed by atoms with van der Waals surface area (Å²) < 4.78 is 41.9. The number of benzene rings is 1. The molecule has 1 aliphatic heterocycles. The summed E-state index contributed by atoms with van der Waals surface area (Å²) in [7, 11) is -2.09. The van der Waals surface area contributed by atoms with Gasteiger partial charge in [-0.3, -0.25) is 10.1 Å². The molecule has 1 aliphatic rings. The molecular formula is C16H20FN5O4S. The highest BCUT2D eigenvalue weighted by Gasteiger charge is 2.32. The molecule has 2 aromatic rings. The van der Waals surface area contributed by atoms with Crippen LogP contribution in [0.2, 0.25) is 0 Å². The summed E-state index contributed by atoms with van der Waals surface area (Å²) >= 11 is 0. The van der Waals surface area contributed by atoms with E-state index in [1.54, 1.807) is 14.0 Å². The van der Waals surface area contributed by atoms with Crippen molar-refractivity contribution in [3.05, 3.63) is 45.9 Å². The molecule has 3 rings (SSSR count). The lowest BCUT2D eigenvalue weighted by Crippen LogP contribution is -2.45. The van der Waals surface area contributed by atoms with E-state index in [1.807, 2.05) is 4.90 Å². The number of aryl methyl sites for hydroxylation is 2. The van der Waals surface area contributed by atoms with Crippen LogP contribution in [0.25, 0.3) is 0 Å². The van der Waals surface area contributed by atoms with Crippen molar-refractivity contribution in [2.24, 2.45) is 7.05 Å². The van der Waals surface area contributed by atoms with E-state index < -0.39 is 20.8 Å². The minimum Gasteiger partial charge on any atom is -0.351 e. The van der Waals surface area contributed by atoms with Crippen molar-refractivity contribution in [2.45, 2.75) is 30.7 Å². The van der Waals surface area contributed by atoms with E-state index in [9.17, 15) is 22.9 Å². The van der Waals surface area contributed by atoms with Crippen LogP contribution in [0.15, 0.2) is 29.2 Å². The first-order chi connectivity index (χ1) is 12.7. The van der Waals surface area contributed by atoms with Gasteiger partial charge in [0.25, 0.3) is 0 Å². The second-order valence-electron chi connectivity index (χ2n) is 6.47. The van der Waals surface area contributed by atoms with Gasteiger partial charge in [-0.05, 0) is 44.0 Å². The third kappa shape index (κ3) is 3.93. The van der Waals surface area contributed by atoms with Gasteiger partial charge in [-0.15, -0.1) is 0 Å². The van der Waals surface area contributed by atoms with Crippen molar-refractivity contribution >= 4 is 21.5 Å². The van der Waals surface area contributed by atoms with E-state index >= 15 is 0 Å². The van der Waals surface area contributed by atoms with E-state index in [0.717, 1.165) is 12.1 Å². The van der Waals surface area contributed by atoms with Gasteiger partial charge in [0.1, 0.15) is 11.5 Å². The van der Waals surface area contributed by atoms with E-state index in [-0.39, 0.29) is 16.6 Å². The maximum atomic E-state index is 13.0. The van der Waals surface area contributed by atoms with E-state index in [1.165, 1.54) is 16.8 Å². The number of aromatic nitrogens is 2. The Morgan fingerprint density at radius 2 is 1.85 bits per heavy atom. The first-order valence-corrected chi connectivity index (χ1v) is 9.88. The molecule has 1 saturated heterocycles. The second kappa shape index (κ2) is 7.24. The number of hydrogen-bond donors (Lipinski definition) is 1. The summed E-state index contributed by atoms with van der Waals surface area (Å²) in [6.45, 7) is 2.50. The monoisotopic (exact) mass is 397 g/mol. The molecule has 1 fully saturated rings. The van der Waals surface area contributed by atoms with Crippen LogP contribution in [0.1, 0.15) is 18.5 Å². The molecule has 0 aliphatic carbocycles. The Labute approximate surface area is 156 Å². The average molecular weight is 397 g/mol. The Hall–Kier alpha value is -2.53. The van der Waals surface area contributed by atoms with E-state index in [4.69, 9.17) is 0 Å². The Balaban J connectivity index is 1.69. The molecule has 0 bridgehead atoms. The molecule has 0 saturated carbocycles. The fourth-order valence-corrected chi connectivity index (χ4v) is 4.62. The lowest BCUT2D eigenvalue weighted by molar-refractivity contribution is -0.384. The molecule has 1 aromatic heterocycles. The lowest BCUT2D eigenvalue weighted by atomic mass is 10.1. The van der Waals surface area contributed by atoms with Crippen molar-refractivity contribution in [1.29, 1.82) is 0 Å². The van der Waals surface area contributed by atoms with Gasteiger partial charge < -0.3 is 4.90 Å². The smallest absolute Gasteiger partial charge is 0.333 e. The van der Waals surface area contributed by atoms with Crippen LogP contribution < -0.4 is 9.62 Å². The first-order valence-electron chi connectivity index (χ1n) is 8.40. The van der Waals surface area contributed by atoms with E-state index in [0.29, 0.717) is 37.4 Å². The topological polar surface area (TPSA) is 110 Å². The van der Waals surface area contributed by atoms with Gasteiger partial charge >= 0.3 is 5.69 Å². The summed E-state index contributed by atoms with van der Waals surface area (Å²) in [5.74, 6) is -0.0762. The molecule has 0 atom stereocenters. The molecule has 27 heavy (non-hydrogen) atoms. The maximum Gasteiger partial charge on any atom is 0.333 e. The van der Waals surface area contributed by atoms with E-state index in [2.05, 4.69) is 9.82 Å². The normalized spacial score (nSPS) is 15.9. The number of halogens is 1. The number of rotatable bonds is 5. The van der Waals surface area contributed by atoms with Crippen LogP contribution in [0.4, 0.5) is 15.9 Å². The summed E-state index contributed by atoms with van der Waals surface area (Å²) in [5, 5.41) is 15.5. The molecular weight excluding hydrogens is 377 g/mol. The highest BCUT2D eigenvalue weighted by atomic mass is 32.2. The van der Waals surface area contributed by atoms with Gasteiger partial charge in [-0.1, -0.05) is 0 Å². The van der Waals surface area contributed by atoms with Crippen LogP contribution in [0, 0.1) is 22.9 Å². The molecule has 0 amide bonds. The van der Waals surface area contributed by atoms with Crippen molar-refractivity contribution < 1.29 is 17.7 Å². The van der Waals surface area contributed by atoms with Crippen LogP contribution >= 0.6 is 0 Å². The SMILES string of the molecule is Cc1nn(C)c(N2CCC(NS(=O)(=O)c3ccc(F)cc3)CC2)c1[N+](=O)[O-]. The molecule has 1 aromatic carbocycles. The molecule has 9 nitrogen and oxygen atoms in total. The quantitative estimate of drug-likeness (QED) is 0.608. The highest BCUT2D eigenvalue weighted by molar-refractivity contribution is 7.89. The predicted octanol–water partition coefficient (Wildman–Crippen LogP) is 1.72. The molecule has 2 heterocycles. The number of nitro groups is 1. The third-order valence-electron chi connectivity index (χ3n) is 4.58. The number of nitrogens with zero attached hydrogens (tertiary/aromatic N) is 4. The minimum atomic E-state index is -3.75. The first kappa shape index (κ1) is 19.2. The predicted molar refractivity (Wildman–Crippen MR) is 96.6 cm³/mol. The Morgan fingerprint density at radius 1 is 1.26 bits per heavy atom. The maximum absolute atomic E-state index is 13.0. The molecule has 1 N–H and O–H groups in total. The Morgan fingerprint density at radius 3 is 2.41 bits per heavy atom. The number of piperidine rings is 1.